The zero-order valence-corrected chi connectivity index (χ0v) is 11.0. The van der Waals surface area contributed by atoms with Gasteiger partial charge in [0.15, 0.2) is 11.8 Å². The van der Waals surface area contributed by atoms with Crippen LogP contribution in [0.1, 0.15) is 13.8 Å². The second kappa shape index (κ2) is 6.39. The molecule has 0 amide bonds. The molecule has 0 rings (SSSR count). The van der Waals surface area contributed by atoms with E-state index in [1.807, 2.05) is 0 Å². The molecule has 2 N–H and O–H groups in total. The van der Waals surface area contributed by atoms with Crippen molar-refractivity contribution in [2.75, 3.05) is 14.2 Å². The lowest BCUT2D eigenvalue weighted by Crippen LogP contribution is -2.56. The minimum atomic E-state index is -3.22. The monoisotopic (exact) mass is 276 g/mol. The van der Waals surface area contributed by atoms with E-state index in [1.165, 1.54) is 0 Å². The van der Waals surface area contributed by atoms with Crippen molar-refractivity contribution in [1.82, 2.24) is 0 Å². The molecule has 0 saturated carbocycles. The second-order valence-corrected chi connectivity index (χ2v) is 3.92. The summed E-state index contributed by atoms with van der Waals surface area (Å²) < 4.78 is 8.52. The van der Waals surface area contributed by atoms with E-state index in [0.717, 1.165) is 28.1 Å². The number of ether oxygens (including phenoxy) is 2. The summed E-state index contributed by atoms with van der Waals surface area (Å²) in [6, 6.07) is 0. The van der Waals surface area contributed by atoms with Crippen molar-refractivity contribution in [1.29, 1.82) is 0 Å². The smallest absolute Gasteiger partial charge is 0.321 e. The summed E-state index contributed by atoms with van der Waals surface area (Å²) in [5, 5.41) is 19.8. The zero-order chi connectivity index (χ0) is 15.4. The average Bonchev–Trinajstić information content (AvgIpc) is 2.26. The van der Waals surface area contributed by atoms with Crippen LogP contribution in [0.3, 0.4) is 0 Å². The Bertz CT molecular complexity index is 361. The van der Waals surface area contributed by atoms with Gasteiger partial charge in [-0.3, -0.25) is 19.2 Å². The number of aliphatic hydroxyl groups is 2. The Labute approximate surface area is 109 Å². The Morgan fingerprint density at radius 2 is 1.11 bits per heavy atom. The number of hydrogen-bond donors (Lipinski definition) is 2. The molecule has 0 aliphatic heterocycles. The SMILES string of the molecule is COC(=O)C(C(C)=O)C(O)(O)C(C(C)=O)C(=O)OC. The van der Waals surface area contributed by atoms with E-state index in [4.69, 9.17) is 0 Å². The van der Waals surface area contributed by atoms with Crippen molar-refractivity contribution in [3.8, 4) is 0 Å². The molecule has 108 valence electrons. The molecule has 8 nitrogen and oxygen atoms in total. The van der Waals surface area contributed by atoms with Crippen LogP contribution in [0.15, 0.2) is 0 Å². The molecular formula is C11H16O8. The number of hydrogen-bond acceptors (Lipinski definition) is 8. The molecule has 19 heavy (non-hydrogen) atoms. The molecule has 0 aromatic heterocycles. The van der Waals surface area contributed by atoms with Crippen molar-refractivity contribution >= 4 is 23.5 Å². The molecular weight excluding hydrogens is 260 g/mol. The van der Waals surface area contributed by atoms with Gasteiger partial charge in [0.05, 0.1) is 14.2 Å². The maximum atomic E-state index is 11.4. The first-order valence-electron chi connectivity index (χ1n) is 5.22. The standard InChI is InChI=1S/C11H16O8/c1-5(12)7(9(14)18-3)11(16,17)8(6(2)13)10(15)19-4/h7-8,16-17H,1-4H3. The Morgan fingerprint density at radius 3 is 1.26 bits per heavy atom. The zero-order valence-electron chi connectivity index (χ0n) is 11.0. The molecule has 0 bridgehead atoms. The Balaban J connectivity index is 5.72. The summed E-state index contributed by atoms with van der Waals surface area (Å²) in [6.45, 7) is 1.80. The molecule has 0 radical (unpaired) electrons. The van der Waals surface area contributed by atoms with E-state index in [0.29, 0.717) is 0 Å². The lowest BCUT2D eigenvalue weighted by molar-refractivity contribution is -0.234. The van der Waals surface area contributed by atoms with Gasteiger partial charge in [-0.2, -0.15) is 0 Å². The van der Waals surface area contributed by atoms with Crippen LogP contribution in [0.25, 0.3) is 0 Å². The molecule has 2 unspecified atom stereocenters. The predicted molar refractivity (Wildman–Crippen MR) is 59.5 cm³/mol. The van der Waals surface area contributed by atoms with Crippen molar-refractivity contribution in [3.05, 3.63) is 0 Å². The third-order valence-corrected chi connectivity index (χ3v) is 2.54. The van der Waals surface area contributed by atoms with Crippen LogP contribution in [0, 0.1) is 11.8 Å². The highest BCUT2D eigenvalue weighted by molar-refractivity contribution is 6.04. The first-order valence-corrected chi connectivity index (χ1v) is 5.22. The molecule has 8 heteroatoms. The molecule has 0 fully saturated rings. The minimum Gasteiger partial charge on any atom is -0.468 e. The third kappa shape index (κ3) is 3.58. The summed E-state index contributed by atoms with van der Waals surface area (Å²) in [4.78, 5) is 45.5. The van der Waals surface area contributed by atoms with E-state index >= 15 is 0 Å². The summed E-state index contributed by atoms with van der Waals surface area (Å²) in [5.41, 5.74) is 0. The van der Waals surface area contributed by atoms with Gasteiger partial charge in [-0.25, -0.2) is 0 Å². The van der Waals surface area contributed by atoms with Gasteiger partial charge in [-0.1, -0.05) is 0 Å². The van der Waals surface area contributed by atoms with Crippen LogP contribution in [0.4, 0.5) is 0 Å². The van der Waals surface area contributed by atoms with Crippen molar-refractivity contribution in [2.24, 2.45) is 11.8 Å². The van der Waals surface area contributed by atoms with E-state index in [1.54, 1.807) is 0 Å². The van der Waals surface area contributed by atoms with E-state index in [9.17, 15) is 29.4 Å². The molecule has 0 spiro atoms. The van der Waals surface area contributed by atoms with Gasteiger partial charge >= 0.3 is 11.9 Å². The molecule has 0 aromatic rings. The number of methoxy groups -OCH3 is 2. The molecule has 0 aliphatic carbocycles. The van der Waals surface area contributed by atoms with Gasteiger partial charge in [-0.05, 0) is 13.8 Å². The lowest BCUT2D eigenvalue weighted by atomic mass is 9.82. The van der Waals surface area contributed by atoms with Crippen molar-refractivity contribution < 1.29 is 38.9 Å². The molecule has 2 atom stereocenters. The fourth-order valence-corrected chi connectivity index (χ4v) is 1.68. The Hall–Kier alpha value is -1.80. The van der Waals surface area contributed by atoms with Gasteiger partial charge in [-0.15, -0.1) is 0 Å². The van der Waals surface area contributed by atoms with Gasteiger partial charge in [0.25, 0.3) is 0 Å². The van der Waals surface area contributed by atoms with Gasteiger partial charge in [0, 0.05) is 0 Å². The van der Waals surface area contributed by atoms with E-state index in [-0.39, 0.29) is 0 Å². The number of carbonyl (C=O) groups is 4. The summed E-state index contributed by atoms with van der Waals surface area (Å²) in [5.74, 6) is -11.9. The molecule has 0 aliphatic rings. The van der Waals surface area contributed by atoms with Crippen LogP contribution in [-0.2, 0) is 28.7 Å². The highest BCUT2D eigenvalue weighted by Crippen LogP contribution is 2.28. The normalized spacial score (nSPS) is 14.2. The predicted octanol–water partition coefficient (Wildman–Crippen LogP) is -1.58. The second-order valence-electron chi connectivity index (χ2n) is 3.92. The first kappa shape index (κ1) is 17.2. The summed E-state index contributed by atoms with van der Waals surface area (Å²) in [7, 11) is 1.85. The highest BCUT2D eigenvalue weighted by atomic mass is 16.6. The minimum absolute atomic E-state index is 0.900. The van der Waals surface area contributed by atoms with E-state index in [2.05, 4.69) is 9.47 Å². The largest absolute Gasteiger partial charge is 0.468 e. The van der Waals surface area contributed by atoms with Gasteiger partial charge < -0.3 is 19.7 Å². The van der Waals surface area contributed by atoms with Gasteiger partial charge in [0.2, 0.25) is 5.79 Å². The Morgan fingerprint density at radius 1 is 0.842 bits per heavy atom. The van der Waals surface area contributed by atoms with Gasteiger partial charge in [0.1, 0.15) is 11.6 Å². The fourth-order valence-electron chi connectivity index (χ4n) is 1.68. The van der Waals surface area contributed by atoms with Crippen molar-refractivity contribution in [2.45, 2.75) is 19.6 Å². The maximum Gasteiger partial charge on any atom is 0.321 e. The molecule has 0 aromatic carbocycles. The molecule has 0 heterocycles. The maximum absolute atomic E-state index is 11.4. The van der Waals surface area contributed by atoms with Crippen molar-refractivity contribution in [3.63, 3.8) is 0 Å². The lowest BCUT2D eigenvalue weighted by Gasteiger charge is -2.31. The third-order valence-electron chi connectivity index (χ3n) is 2.54. The molecule has 0 saturated heterocycles. The number of ketones is 2. The van der Waals surface area contributed by atoms with Crippen LogP contribution in [0.5, 0.6) is 0 Å². The summed E-state index contributed by atoms with van der Waals surface area (Å²) in [6.07, 6.45) is 0. The Kier molecular flexibility index (Phi) is 5.79. The fraction of sp³-hybridized carbons (Fsp3) is 0.636. The number of carbonyl (C=O) groups excluding carboxylic acids is 4. The van der Waals surface area contributed by atoms with Crippen LogP contribution in [0.2, 0.25) is 0 Å². The average molecular weight is 276 g/mol. The number of Topliss-reactive ketones (excluding diaryl/α,β-unsaturated/α-hetero) is 2. The van der Waals surface area contributed by atoms with Crippen LogP contribution in [-0.4, -0.2) is 53.7 Å². The number of rotatable bonds is 6. The highest BCUT2D eigenvalue weighted by Gasteiger charge is 2.55. The topological polar surface area (TPSA) is 127 Å². The van der Waals surface area contributed by atoms with Crippen LogP contribution >= 0.6 is 0 Å². The first-order chi connectivity index (χ1) is 8.61. The quantitative estimate of drug-likeness (QED) is 0.338. The van der Waals surface area contributed by atoms with E-state index < -0.39 is 41.1 Å². The van der Waals surface area contributed by atoms with Crippen LogP contribution < -0.4 is 0 Å². The number of esters is 2. The summed E-state index contributed by atoms with van der Waals surface area (Å²) >= 11 is 0.